The predicted octanol–water partition coefficient (Wildman–Crippen LogP) is 4.54. The van der Waals surface area contributed by atoms with Crippen LogP contribution in [0.2, 0.25) is 5.02 Å². The minimum Gasteiger partial charge on any atom is -0.379 e. The van der Waals surface area contributed by atoms with Gasteiger partial charge in [0.05, 0.1) is 16.1 Å². The molecule has 0 spiro atoms. The average molecular weight is 396 g/mol. The summed E-state index contributed by atoms with van der Waals surface area (Å²) in [6.45, 7) is 1.96. The molecular weight excluding hydrogens is 380 g/mol. The van der Waals surface area contributed by atoms with Crippen LogP contribution < -0.4 is 11.1 Å². The van der Waals surface area contributed by atoms with Crippen molar-refractivity contribution in [3.63, 3.8) is 0 Å². The Kier molecular flexibility index (Phi) is 5.20. The summed E-state index contributed by atoms with van der Waals surface area (Å²) in [6.07, 6.45) is 0.792. The molecule has 1 aliphatic rings. The first-order valence-corrected chi connectivity index (χ1v) is 9.20. The largest absolute Gasteiger partial charge is 0.379 e. The molecule has 1 amide bonds. The highest BCUT2D eigenvalue weighted by atomic mass is 35.5. The molecule has 3 rings (SSSR count). The fraction of sp³-hybridized carbons (Fsp3) is 0.222. The highest BCUT2D eigenvalue weighted by Crippen LogP contribution is 2.36. The fourth-order valence-electron chi connectivity index (χ4n) is 2.76. The van der Waals surface area contributed by atoms with E-state index in [-0.39, 0.29) is 0 Å². The number of carbonyl (C=O) groups excluding carboxylic acids is 1. The molecule has 0 aliphatic carbocycles. The molecular formula is C18H16ClF2N3OS. The van der Waals surface area contributed by atoms with Gasteiger partial charge in [-0.2, -0.15) is 0 Å². The van der Waals surface area contributed by atoms with Crippen molar-refractivity contribution in [1.82, 2.24) is 0 Å². The van der Waals surface area contributed by atoms with Gasteiger partial charge < -0.3 is 11.1 Å². The van der Waals surface area contributed by atoms with E-state index in [9.17, 15) is 13.6 Å². The first-order chi connectivity index (χ1) is 12.3. The molecule has 0 radical (unpaired) electrons. The summed E-state index contributed by atoms with van der Waals surface area (Å²) < 4.78 is 27.5. The summed E-state index contributed by atoms with van der Waals surface area (Å²) in [5.74, 6) is -1.73. The molecule has 8 heteroatoms. The van der Waals surface area contributed by atoms with Gasteiger partial charge in [0.15, 0.2) is 5.17 Å². The summed E-state index contributed by atoms with van der Waals surface area (Å²) in [4.78, 5) is 16.9. The number of nitrogens with zero attached hydrogens (tertiary/aromatic N) is 1. The van der Waals surface area contributed by atoms with Crippen molar-refractivity contribution in [3.8, 4) is 0 Å². The Labute approximate surface area is 158 Å². The van der Waals surface area contributed by atoms with Crippen molar-refractivity contribution in [3.05, 3.63) is 64.2 Å². The van der Waals surface area contributed by atoms with Crippen LogP contribution in [0.15, 0.2) is 41.4 Å². The van der Waals surface area contributed by atoms with Crippen LogP contribution in [0.4, 0.5) is 14.5 Å². The van der Waals surface area contributed by atoms with E-state index in [0.29, 0.717) is 10.9 Å². The number of halogens is 3. The third-order valence-electron chi connectivity index (χ3n) is 4.21. The second-order valence-electron chi connectivity index (χ2n) is 6.08. The van der Waals surface area contributed by atoms with E-state index in [2.05, 4.69) is 10.3 Å². The number of rotatable bonds is 3. The predicted molar refractivity (Wildman–Crippen MR) is 102 cm³/mol. The molecule has 0 aromatic heterocycles. The van der Waals surface area contributed by atoms with Gasteiger partial charge in [-0.1, -0.05) is 35.5 Å². The second kappa shape index (κ2) is 7.25. The molecule has 1 aliphatic heterocycles. The lowest BCUT2D eigenvalue weighted by Crippen LogP contribution is -2.28. The molecule has 0 fully saturated rings. The summed E-state index contributed by atoms with van der Waals surface area (Å²) >= 11 is 7.24. The lowest BCUT2D eigenvalue weighted by Gasteiger charge is -2.30. The standard InChI is InChI=1S/C18H16ClF2N3OS/c1-18(7-8-26-17(22)24-18)10-3-2-4-11(9-10)23-16(25)14-12(20)5-6-13(21)15(14)19/h2-6,9H,7-8H2,1H3,(H2,22,24)(H,23,25). The number of thioether (sulfide) groups is 1. The SMILES string of the molecule is CC1(c2cccc(NC(=O)c3c(F)ccc(F)c3Cl)c2)CCSC(N)=N1. The van der Waals surface area contributed by atoms with Gasteiger partial charge in [-0.25, -0.2) is 8.78 Å². The number of hydrogen-bond donors (Lipinski definition) is 2. The van der Waals surface area contributed by atoms with Crippen molar-refractivity contribution < 1.29 is 13.6 Å². The van der Waals surface area contributed by atoms with Crippen LogP contribution in [0.5, 0.6) is 0 Å². The number of benzene rings is 2. The van der Waals surface area contributed by atoms with Gasteiger partial charge in [0, 0.05) is 11.4 Å². The topological polar surface area (TPSA) is 67.5 Å². The molecule has 26 heavy (non-hydrogen) atoms. The van der Waals surface area contributed by atoms with Gasteiger partial charge >= 0.3 is 0 Å². The maximum atomic E-state index is 13.9. The lowest BCUT2D eigenvalue weighted by atomic mass is 9.89. The van der Waals surface area contributed by atoms with E-state index < -0.39 is 33.7 Å². The Balaban J connectivity index is 1.89. The molecule has 4 nitrogen and oxygen atoms in total. The van der Waals surface area contributed by atoms with Gasteiger partial charge in [-0.3, -0.25) is 9.79 Å². The van der Waals surface area contributed by atoms with Crippen molar-refractivity contribution in [2.24, 2.45) is 10.7 Å². The zero-order valence-corrected chi connectivity index (χ0v) is 15.4. The zero-order chi connectivity index (χ0) is 18.9. The van der Waals surface area contributed by atoms with Gasteiger partial charge in [-0.15, -0.1) is 0 Å². The number of carbonyl (C=O) groups is 1. The Morgan fingerprint density at radius 3 is 2.77 bits per heavy atom. The second-order valence-corrected chi connectivity index (χ2v) is 7.57. The molecule has 1 atom stereocenters. The highest BCUT2D eigenvalue weighted by Gasteiger charge is 2.29. The number of aliphatic imine (C=N–C) groups is 1. The van der Waals surface area contributed by atoms with Gasteiger partial charge in [0.2, 0.25) is 0 Å². The first-order valence-electron chi connectivity index (χ1n) is 7.84. The van der Waals surface area contributed by atoms with Crippen molar-refractivity contribution in [2.75, 3.05) is 11.1 Å². The van der Waals surface area contributed by atoms with Crippen LogP contribution in [0.1, 0.15) is 29.3 Å². The van der Waals surface area contributed by atoms with Crippen LogP contribution >= 0.6 is 23.4 Å². The molecule has 0 saturated carbocycles. The monoisotopic (exact) mass is 395 g/mol. The van der Waals surface area contributed by atoms with Crippen LogP contribution in [0.3, 0.4) is 0 Å². The molecule has 2 aromatic carbocycles. The minimum absolute atomic E-state index is 0.431. The summed E-state index contributed by atoms with van der Waals surface area (Å²) in [5, 5.41) is 2.53. The van der Waals surface area contributed by atoms with E-state index in [1.165, 1.54) is 11.8 Å². The first kappa shape index (κ1) is 18.7. The number of amides is 1. The smallest absolute Gasteiger partial charge is 0.260 e. The molecule has 0 bridgehead atoms. The van der Waals surface area contributed by atoms with E-state index in [4.69, 9.17) is 17.3 Å². The van der Waals surface area contributed by atoms with Crippen molar-refractivity contribution in [1.29, 1.82) is 0 Å². The van der Waals surface area contributed by atoms with Gasteiger partial charge in [0.1, 0.15) is 11.6 Å². The molecule has 136 valence electrons. The van der Waals surface area contributed by atoms with Crippen LogP contribution in [-0.2, 0) is 5.54 Å². The van der Waals surface area contributed by atoms with E-state index in [1.54, 1.807) is 18.2 Å². The van der Waals surface area contributed by atoms with Crippen LogP contribution in [0.25, 0.3) is 0 Å². The average Bonchev–Trinajstić information content (AvgIpc) is 2.58. The highest BCUT2D eigenvalue weighted by molar-refractivity contribution is 8.13. The third kappa shape index (κ3) is 3.68. The number of nitrogens with two attached hydrogens (primary N) is 1. The van der Waals surface area contributed by atoms with Gasteiger partial charge in [0.25, 0.3) is 5.91 Å². The maximum absolute atomic E-state index is 13.9. The Hall–Kier alpha value is -2.12. The maximum Gasteiger partial charge on any atom is 0.260 e. The lowest BCUT2D eigenvalue weighted by molar-refractivity contribution is 0.102. The van der Waals surface area contributed by atoms with Crippen LogP contribution in [0, 0.1) is 11.6 Å². The minimum atomic E-state index is -0.890. The van der Waals surface area contributed by atoms with Crippen molar-refractivity contribution >= 4 is 40.1 Å². The summed E-state index contributed by atoms with van der Waals surface area (Å²) in [7, 11) is 0. The van der Waals surface area contributed by atoms with E-state index in [1.807, 2.05) is 13.0 Å². The molecule has 3 N–H and O–H groups in total. The Morgan fingerprint density at radius 2 is 2.04 bits per heavy atom. The van der Waals surface area contributed by atoms with Crippen LogP contribution in [-0.4, -0.2) is 16.8 Å². The molecule has 0 saturated heterocycles. The molecule has 1 unspecified atom stereocenters. The number of anilines is 1. The zero-order valence-electron chi connectivity index (χ0n) is 13.9. The number of amidine groups is 1. The molecule has 1 heterocycles. The summed E-state index contributed by atoms with van der Waals surface area (Å²) in [5.41, 5.74) is 6.11. The number of nitrogens with one attached hydrogen (secondary N) is 1. The fourth-order valence-corrected chi connectivity index (χ4v) is 3.97. The van der Waals surface area contributed by atoms with Gasteiger partial charge in [-0.05, 0) is 43.2 Å². The number of hydrogen-bond acceptors (Lipinski definition) is 4. The van der Waals surface area contributed by atoms with E-state index >= 15 is 0 Å². The molecule has 2 aromatic rings. The van der Waals surface area contributed by atoms with Crippen molar-refractivity contribution in [2.45, 2.75) is 18.9 Å². The quantitative estimate of drug-likeness (QED) is 0.750. The normalized spacial score (nSPS) is 19.8. The van der Waals surface area contributed by atoms with E-state index in [0.717, 1.165) is 29.9 Å². The Morgan fingerprint density at radius 1 is 1.31 bits per heavy atom. The summed E-state index contributed by atoms with van der Waals surface area (Å²) in [6, 6.07) is 8.78. The third-order valence-corrected chi connectivity index (χ3v) is 5.37. The Bertz CT molecular complexity index is 906.